The SMILES string of the molecule is CC(=O)N[C@H](CS(=O)(=O)c1ccccc1)C1CCCCC1. The number of amides is 1. The number of hydrogen-bond donors (Lipinski definition) is 1. The van der Waals surface area contributed by atoms with Crippen LogP contribution in [0.1, 0.15) is 39.0 Å². The minimum absolute atomic E-state index is 0.0126. The molecule has 0 saturated heterocycles. The second-order valence-corrected chi connectivity index (χ2v) is 7.83. The summed E-state index contributed by atoms with van der Waals surface area (Å²) in [6.07, 6.45) is 5.43. The number of hydrogen-bond acceptors (Lipinski definition) is 3. The van der Waals surface area contributed by atoms with Gasteiger partial charge in [0.1, 0.15) is 0 Å². The van der Waals surface area contributed by atoms with E-state index in [0.29, 0.717) is 4.90 Å². The van der Waals surface area contributed by atoms with Crippen molar-refractivity contribution in [3.63, 3.8) is 0 Å². The Morgan fingerprint density at radius 3 is 2.38 bits per heavy atom. The summed E-state index contributed by atoms with van der Waals surface area (Å²) in [6, 6.07) is 8.18. The van der Waals surface area contributed by atoms with Crippen molar-refractivity contribution in [2.24, 2.45) is 5.92 Å². The van der Waals surface area contributed by atoms with Crippen molar-refractivity contribution in [3.05, 3.63) is 30.3 Å². The molecule has 0 radical (unpaired) electrons. The van der Waals surface area contributed by atoms with Gasteiger partial charge in [-0.3, -0.25) is 4.79 Å². The van der Waals surface area contributed by atoms with E-state index in [9.17, 15) is 13.2 Å². The molecule has 0 unspecified atom stereocenters. The Balaban J connectivity index is 2.15. The highest BCUT2D eigenvalue weighted by Gasteiger charge is 2.29. The van der Waals surface area contributed by atoms with Crippen molar-refractivity contribution in [2.45, 2.75) is 50.0 Å². The van der Waals surface area contributed by atoms with Gasteiger partial charge in [-0.15, -0.1) is 0 Å². The molecule has 1 N–H and O–H groups in total. The number of nitrogens with one attached hydrogen (secondary N) is 1. The van der Waals surface area contributed by atoms with Crippen molar-refractivity contribution in [1.29, 1.82) is 0 Å². The number of carbonyl (C=O) groups is 1. The van der Waals surface area contributed by atoms with Crippen LogP contribution in [0.25, 0.3) is 0 Å². The zero-order chi connectivity index (χ0) is 15.3. The molecule has 1 amide bonds. The highest BCUT2D eigenvalue weighted by Crippen LogP contribution is 2.28. The van der Waals surface area contributed by atoms with Gasteiger partial charge < -0.3 is 5.32 Å². The molecule has 0 heterocycles. The van der Waals surface area contributed by atoms with Crippen LogP contribution < -0.4 is 5.32 Å². The molecule has 1 aliphatic rings. The van der Waals surface area contributed by atoms with Crippen molar-refractivity contribution in [3.8, 4) is 0 Å². The molecule has 2 rings (SSSR count). The van der Waals surface area contributed by atoms with Crippen LogP contribution in [0.5, 0.6) is 0 Å². The van der Waals surface area contributed by atoms with Crippen LogP contribution in [-0.4, -0.2) is 26.1 Å². The van der Waals surface area contributed by atoms with E-state index >= 15 is 0 Å². The molecule has 1 aliphatic carbocycles. The minimum Gasteiger partial charge on any atom is -0.352 e. The molecule has 0 aliphatic heterocycles. The summed E-state index contributed by atoms with van der Waals surface area (Å²) >= 11 is 0. The van der Waals surface area contributed by atoms with E-state index in [2.05, 4.69) is 5.32 Å². The summed E-state index contributed by atoms with van der Waals surface area (Å²) < 4.78 is 25.0. The Labute approximate surface area is 126 Å². The van der Waals surface area contributed by atoms with E-state index in [1.54, 1.807) is 30.3 Å². The molecule has 1 atom stereocenters. The topological polar surface area (TPSA) is 63.2 Å². The van der Waals surface area contributed by atoms with Crippen LogP contribution >= 0.6 is 0 Å². The average Bonchev–Trinajstić information content (AvgIpc) is 2.48. The van der Waals surface area contributed by atoms with Crippen LogP contribution in [0, 0.1) is 5.92 Å². The van der Waals surface area contributed by atoms with Gasteiger partial charge in [-0.1, -0.05) is 37.5 Å². The predicted octanol–water partition coefficient (Wildman–Crippen LogP) is 2.55. The zero-order valence-corrected chi connectivity index (χ0v) is 13.2. The van der Waals surface area contributed by atoms with E-state index in [0.717, 1.165) is 25.7 Å². The van der Waals surface area contributed by atoms with Gasteiger partial charge in [0, 0.05) is 13.0 Å². The van der Waals surface area contributed by atoms with E-state index in [1.165, 1.54) is 13.3 Å². The summed E-state index contributed by atoms with van der Waals surface area (Å²) in [5, 5.41) is 2.86. The first-order valence-corrected chi connectivity index (χ1v) is 9.19. The van der Waals surface area contributed by atoms with Gasteiger partial charge >= 0.3 is 0 Å². The molecule has 116 valence electrons. The second-order valence-electron chi connectivity index (χ2n) is 5.80. The van der Waals surface area contributed by atoms with Gasteiger partial charge in [0.05, 0.1) is 10.6 Å². The van der Waals surface area contributed by atoms with E-state index < -0.39 is 9.84 Å². The van der Waals surface area contributed by atoms with Crippen LogP contribution in [0.4, 0.5) is 0 Å². The van der Waals surface area contributed by atoms with Crippen LogP contribution in [0.15, 0.2) is 35.2 Å². The minimum atomic E-state index is -3.37. The van der Waals surface area contributed by atoms with Gasteiger partial charge in [-0.2, -0.15) is 0 Å². The molecular weight excluding hydrogens is 286 g/mol. The van der Waals surface area contributed by atoms with Crippen molar-refractivity contribution in [2.75, 3.05) is 5.75 Å². The number of sulfone groups is 1. The monoisotopic (exact) mass is 309 g/mol. The highest BCUT2D eigenvalue weighted by molar-refractivity contribution is 7.91. The smallest absolute Gasteiger partial charge is 0.217 e. The first-order chi connectivity index (χ1) is 9.99. The van der Waals surface area contributed by atoms with Crippen molar-refractivity contribution in [1.82, 2.24) is 5.32 Å². The quantitative estimate of drug-likeness (QED) is 0.909. The third-order valence-corrected chi connectivity index (χ3v) is 5.90. The second kappa shape index (κ2) is 7.07. The third kappa shape index (κ3) is 4.56. The first kappa shape index (κ1) is 16.0. The van der Waals surface area contributed by atoms with Crippen LogP contribution in [0.2, 0.25) is 0 Å². The number of carbonyl (C=O) groups excluding carboxylic acids is 1. The maximum absolute atomic E-state index is 12.5. The lowest BCUT2D eigenvalue weighted by molar-refractivity contribution is -0.119. The Morgan fingerprint density at radius 1 is 1.19 bits per heavy atom. The van der Waals surface area contributed by atoms with Gasteiger partial charge in [0.2, 0.25) is 5.91 Å². The maximum Gasteiger partial charge on any atom is 0.217 e. The van der Waals surface area contributed by atoms with Gasteiger partial charge in [-0.05, 0) is 30.9 Å². The highest BCUT2D eigenvalue weighted by atomic mass is 32.2. The first-order valence-electron chi connectivity index (χ1n) is 7.54. The molecule has 4 nitrogen and oxygen atoms in total. The van der Waals surface area contributed by atoms with Gasteiger partial charge in [-0.25, -0.2) is 8.42 Å². The fraction of sp³-hybridized carbons (Fsp3) is 0.562. The van der Waals surface area contributed by atoms with Crippen LogP contribution in [-0.2, 0) is 14.6 Å². The largest absolute Gasteiger partial charge is 0.352 e. The molecule has 0 bridgehead atoms. The molecule has 5 heteroatoms. The predicted molar refractivity (Wildman–Crippen MR) is 82.7 cm³/mol. The Kier molecular flexibility index (Phi) is 5.39. The Hall–Kier alpha value is -1.36. The fourth-order valence-corrected chi connectivity index (χ4v) is 4.65. The Morgan fingerprint density at radius 2 is 1.81 bits per heavy atom. The molecule has 0 aromatic heterocycles. The zero-order valence-electron chi connectivity index (χ0n) is 12.4. The van der Waals surface area contributed by atoms with E-state index in [-0.39, 0.29) is 23.6 Å². The summed E-state index contributed by atoms with van der Waals surface area (Å²) in [4.78, 5) is 11.7. The van der Waals surface area contributed by atoms with E-state index in [1.807, 2.05) is 0 Å². The summed E-state index contributed by atoms with van der Waals surface area (Å²) in [5.41, 5.74) is 0. The average molecular weight is 309 g/mol. The summed E-state index contributed by atoms with van der Waals surface area (Å²) in [5.74, 6) is 0.0938. The van der Waals surface area contributed by atoms with Crippen LogP contribution in [0.3, 0.4) is 0 Å². The molecule has 21 heavy (non-hydrogen) atoms. The van der Waals surface area contributed by atoms with Gasteiger partial charge in [0.15, 0.2) is 9.84 Å². The summed E-state index contributed by atoms with van der Waals surface area (Å²) in [7, 11) is -3.37. The van der Waals surface area contributed by atoms with E-state index in [4.69, 9.17) is 0 Å². The molecule has 1 aromatic rings. The molecule has 1 aromatic carbocycles. The maximum atomic E-state index is 12.5. The summed E-state index contributed by atoms with van der Waals surface area (Å²) in [6.45, 7) is 1.45. The van der Waals surface area contributed by atoms with Crippen molar-refractivity contribution >= 4 is 15.7 Å². The third-order valence-electron chi connectivity index (χ3n) is 4.11. The Bertz CT molecular complexity index is 562. The molecule has 0 spiro atoms. The molecule has 1 saturated carbocycles. The molecular formula is C16H23NO3S. The number of benzene rings is 1. The van der Waals surface area contributed by atoms with Gasteiger partial charge in [0.25, 0.3) is 0 Å². The lowest BCUT2D eigenvalue weighted by atomic mass is 9.84. The number of rotatable bonds is 5. The lowest BCUT2D eigenvalue weighted by Crippen LogP contribution is -2.44. The lowest BCUT2D eigenvalue weighted by Gasteiger charge is -2.30. The molecule has 1 fully saturated rings. The normalized spacial score (nSPS) is 18.1. The standard InChI is InChI=1S/C16H23NO3S/c1-13(18)17-16(14-8-4-2-5-9-14)12-21(19,20)15-10-6-3-7-11-15/h3,6-7,10-11,14,16H,2,4-5,8-9,12H2,1H3,(H,17,18)/t16-/m1/s1. The van der Waals surface area contributed by atoms with Crippen molar-refractivity contribution < 1.29 is 13.2 Å². The fourth-order valence-electron chi connectivity index (χ4n) is 3.05.